The van der Waals surface area contributed by atoms with Crippen LogP contribution in [0.15, 0.2) is 54.6 Å². The van der Waals surface area contributed by atoms with Crippen molar-refractivity contribution < 1.29 is 14.3 Å². The second-order valence-corrected chi connectivity index (χ2v) is 3.51. The van der Waals surface area contributed by atoms with Gasteiger partial charge in [0.1, 0.15) is 5.75 Å². The van der Waals surface area contributed by atoms with Gasteiger partial charge >= 0.3 is 5.97 Å². The summed E-state index contributed by atoms with van der Waals surface area (Å²) >= 11 is 0. The van der Waals surface area contributed by atoms with Crippen LogP contribution in [0.25, 0.3) is 0 Å². The zero-order valence-electron chi connectivity index (χ0n) is 9.50. The van der Waals surface area contributed by atoms with Gasteiger partial charge < -0.3 is 10.1 Å². The predicted molar refractivity (Wildman–Crippen MR) is 67.5 cm³/mol. The Hall–Kier alpha value is -2.62. The Morgan fingerprint density at radius 3 is 2.39 bits per heavy atom. The molecule has 0 atom stereocenters. The quantitative estimate of drug-likeness (QED) is 0.508. The fraction of sp³-hybridized carbons (Fsp3) is 0. The van der Waals surface area contributed by atoms with Crippen LogP contribution in [0.2, 0.25) is 0 Å². The van der Waals surface area contributed by atoms with Crippen molar-refractivity contribution in [1.29, 1.82) is 0 Å². The number of carbonyl (C=O) groups excluding carboxylic acids is 2. The van der Waals surface area contributed by atoms with E-state index < -0.39 is 5.97 Å². The molecule has 1 N–H and O–H groups in total. The number of carbonyl (C=O) groups is 2. The highest BCUT2D eigenvalue weighted by Crippen LogP contribution is 2.17. The van der Waals surface area contributed by atoms with Gasteiger partial charge in [0.25, 0.3) is 0 Å². The average Bonchev–Trinajstić information content (AvgIpc) is 2.41. The van der Waals surface area contributed by atoms with E-state index in [2.05, 4.69) is 5.32 Å². The van der Waals surface area contributed by atoms with Crippen molar-refractivity contribution in [3.63, 3.8) is 0 Å². The molecule has 0 spiro atoms. The number of hydrogen-bond donors (Lipinski definition) is 1. The summed E-state index contributed by atoms with van der Waals surface area (Å²) in [5, 5.41) is 2.46. The Kier molecular flexibility index (Phi) is 3.71. The van der Waals surface area contributed by atoms with Gasteiger partial charge in [-0.1, -0.05) is 30.3 Å². The highest BCUT2D eigenvalue weighted by Gasteiger charge is 2.12. The summed E-state index contributed by atoms with van der Waals surface area (Å²) in [6.07, 6.45) is 0.522. The van der Waals surface area contributed by atoms with Gasteiger partial charge in [0, 0.05) is 0 Å². The molecule has 0 heterocycles. The molecular formula is C14H11NO3. The first kappa shape index (κ1) is 11.9. The second-order valence-electron chi connectivity index (χ2n) is 3.51. The average molecular weight is 241 g/mol. The first-order chi connectivity index (χ1) is 8.81. The number of anilines is 1. The Bertz CT molecular complexity index is 552. The molecule has 4 nitrogen and oxygen atoms in total. The van der Waals surface area contributed by atoms with Gasteiger partial charge in [-0.3, -0.25) is 4.79 Å². The molecule has 0 aliphatic carbocycles. The van der Waals surface area contributed by atoms with Gasteiger partial charge in [0.05, 0.1) is 11.3 Å². The van der Waals surface area contributed by atoms with Crippen LogP contribution in [0.4, 0.5) is 5.69 Å². The van der Waals surface area contributed by atoms with Crippen molar-refractivity contribution >= 4 is 18.1 Å². The monoisotopic (exact) mass is 241 g/mol. The van der Waals surface area contributed by atoms with Crippen LogP contribution < -0.4 is 10.1 Å². The lowest BCUT2D eigenvalue weighted by Crippen LogP contribution is -2.11. The summed E-state index contributed by atoms with van der Waals surface area (Å²) in [6.45, 7) is 0. The van der Waals surface area contributed by atoms with Gasteiger partial charge in [-0.05, 0) is 24.3 Å². The molecule has 0 aliphatic rings. The van der Waals surface area contributed by atoms with E-state index in [1.807, 2.05) is 6.07 Å². The molecule has 0 saturated heterocycles. The van der Waals surface area contributed by atoms with E-state index in [4.69, 9.17) is 4.74 Å². The van der Waals surface area contributed by atoms with Crippen molar-refractivity contribution in [2.75, 3.05) is 5.32 Å². The van der Waals surface area contributed by atoms with Crippen LogP contribution in [-0.2, 0) is 4.79 Å². The van der Waals surface area contributed by atoms with Crippen molar-refractivity contribution in [2.45, 2.75) is 0 Å². The third-order valence-electron chi connectivity index (χ3n) is 2.32. The third-order valence-corrected chi connectivity index (χ3v) is 2.32. The van der Waals surface area contributed by atoms with Gasteiger partial charge in [-0.2, -0.15) is 0 Å². The molecule has 0 radical (unpaired) electrons. The smallest absolute Gasteiger partial charge is 0.345 e. The van der Waals surface area contributed by atoms with Gasteiger partial charge in [-0.25, -0.2) is 4.79 Å². The Morgan fingerprint density at radius 2 is 1.67 bits per heavy atom. The summed E-state index contributed by atoms with van der Waals surface area (Å²) < 4.78 is 5.19. The van der Waals surface area contributed by atoms with Crippen LogP contribution in [0.1, 0.15) is 10.4 Å². The lowest BCUT2D eigenvalue weighted by atomic mass is 10.2. The molecular weight excluding hydrogens is 230 g/mol. The highest BCUT2D eigenvalue weighted by atomic mass is 16.5. The van der Waals surface area contributed by atoms with Crippen molar-refractivity contribution in [1.82, 2.24) is 0 Å². The van der Waals surface area contributed by atoms with E-state index >= 15 is 0 Å². The second kappa shape index (κ2) is 5.63. The van der Waals surface area contributed by atoms with E-state index in [0.29, 0.717) is 23.4 Å². The highest BCUT2D eigenvalue weighted by molar-refractivity contribution is 5.98. The number of para-hydroxylation sites is 2. The zero-order valence-corrected chi connectivity index (χ0v) is 9.50. The Labute approximate surface area is 104 Å². The lowest BCUT2D eigenvalue weighted by molar-refractivity contribution is -0.105. The molecule has 0 fully saturated rings. The number of rotatable bonds is 4. The van der Waals surface area contributed by atoms with Gasteiger partial charge in [0.15, 0.2) is 0 Å². The molecule has 0 unspecified atom stereocenters. The number of benzene rings is 2. The SMILES string of the molecule is O=CNc1ccccc1C(=O)Oc1ccccc1. The van der Waals surface area contributed by atoms with E-state index in [9.17, 15) is 9.59 Å². The number of ether oxygens (including phenoxy) is 1. The summed E-state index contributed by atoms with van der Waals surface area (Å²) in [7, 11) is 0. The van der Waals surface area contributed by atoms with E-state index in [1.54, 1.807) is 48.5 Å². The van der Waals surface area contributed by atoms with E-state index in [-0.39, 0.29) is 0 Å². The summed E-state index contributed by atoms with van der Waals surface area (Å²) in [4.78, 5) is 22.4. The summed E-state index contributed by atoms with van der Waals surface area (Å²) in [5.41, 5.74) is 0.738. The van der Waals surface area contributed by atoms with E-state index in [1.165, 1.54) is 0 Å². The largest absolute Gasteiger partial charge is 0.423 e. The van der Waals surface area contributed by atoms with Crippen LogP contribution in [0.5, 0.6) is 5.75 Å². The molecule has 2 aromatic rings. The number of esters is 1. The normalized spacial score (nSPS) is 9.56. The van der Waals surface area contributed by atoms with E-state index in [0.717, 1.165) is 0 Å². The maximum absolute atomic E-state index is 11.9. The molecule has 18 heavy (non-hydrogen) atoms. The Morgan fingerprint density at radius 1 is 1.00 bits per heavy atom. The van der Waals surface area contributed by atoms with Crippen LogP contribution in [0, 0.1) is 0 Å². The van der Waals surface area contributed by atoms with Crippen LogP contribution >= 0.6 is 0 Å². The fourth-order valence-corrected chi connectivity index (χ4v) is 1.50. The molecule has 2 aromatic carbocycles. The topological polar surface area (TPSA) is 55.4 Å². The minimum absolute atomic E-state index is 0.313. The molecule has 0 saturated carbocycles. The molecule has 0 aliphatic heterocycles. The first-order valence-corrected chi connectivity index (χ1v) is 5.37. The number of hydrogen-bond acceptors (Lipinski definition) is 3. The van der Waals surface area contributed by atoms with Gasteiger partial charge in [-0.15, -0.1) is 0 Å². The molecule has 90 valence electrons. The minimum Gasteiger partial charge on any atom is -0.423 e. The van der Waals surface area contributed by atoms with Gasteiger partial charge in [0.2, 0.25) is 6.41 Å². The number of amides is 1. The molecule has 2 rings (SSSR count). The molecule has 0 aromatic heterocycles. The maximum atomic E-state index is 11.9. The minimum atomic E-state index is -0.508. The Balaban J connectivity index is 2.21. The molecule has 0 bridgehead atoms. The predicted octanol–water partition coefficient (Wildman–Crippen LogP) is 2.47. The number of nitrogens with one attached hydrogen (secondary N) is 1. The standard InChI is InChI=1S/C14H11NO3/c16-10-15-13-9-5-4-8-12(13)14(17)18-11-6-2-1-3-7-11/h1-10H,(H,15,16). The maximum Gasteiger partial charge on any atom is 0.345 e. The van der Waals surface area contributed by atoms with Crippen molar-refractivity contribution in [2.24, 2.45) is 0 Å². The fourth-order valence-electron chi connectivity index (χ4n) is 1.50. The third kappa shape index (κ3) is 2.74. The lowest BCUT2D eigenvalue weighted by Gasteiger charge is -2.07. The van der Waals surface area contributed by atoms with Crippen molar-refractivity contribution in [3.05, 3.63) is 60.2 Å². The van der Waals surface area contributed by atoms with Crippen LogP contribution in [0.3, 0.4) is 0 Å². The zero-order chi connectivity index (χ0) is 12.8. The first-order valence-electron chi connectivity index (χ1n) is 5.37. The summed E-state index contributed by atoms with van der Waals surface area (Å²) in [5.74, 6) is -0.0467. The molecule has 4 heteroatoms. The molecule has 1 amide bonds. The van der Waals surface area contributed by atoms with Crippen LogP contribution in [-0.4, -0.2) is 12.4 Å². The van der Waals surface area contributed by atoms with Crippen molar-refractivity contribution in [3.8, 4) is 5.75 Å². The summed E-state index contributed by atoms with van der Waals surface area (Å²) in [6, 6.07) is 15.4.